The van der Waals surface area contributed by atoms with Crippen molar-refractivity contribution >= 4 is 40.7 Å². The highest BCUT2D eigenvalue weighted by atomic mass is 35.5. The van der Waals surface area contributed by atoms with Gasteiger partial charge in [0.1, 0.15) is 16.4 Å². The van der Waals surface area contributed by atoms with Gasteiger partial charge in [-0.15, -0.1) is 0 Å². The molecule has 26 heavy (non-hydrogen) atoms. The summed E-state index contributed by atoms with van der Waals surface area (Å²) in [5.41, 5.74) is -0.355. The molecule has 0 fully saturated rings. The van der Waals surface area contributed by atoms with E-state index in [1.807, 2.05) is 0 Å². The van der Waals surface area contributed by atoms with Crippen molar-refractivity contribution in [3.63, 3.8) is 0 Å². The summed E-state index contributed by atoms with van der Waals surface area (Å²) in [6.07, 6.45) is -2.63. The number of hydroxylamine groups is 2. The first-order valence-corrected chi connectivity index (χ1v) is 8.62. The lowest BCUT2D eigenvalue weighted by molar-refractivity contribution is -0.119. The van der Waals surface area contributed by atoms with Crippen LogP contribution < -0.4 is 0 Å². The van der Waals surface area contributed by atoms with Crippen molar-refractivity contribution in [1.29, 1.82) is 0 Å². The molecular weight excluding hydrogens is 411 g/mol. The molecule has 0 radical (unpaired) electrons. The Morgan fingerprint density at radius 3 is 2.54 bits per heavy atom. The molecule has 2 aromatic rings. The number of rotatable bonds is 6. The second kappa shape index (κ2) is 8.52. The predicted octanol–water partition coefficient (Wildman–Crippen LogP) is 4.95. The molecule has 5 nitrogen and oxygen atoms in total. The van der Waals surface area contributed by atoms with Crippen LogP contribution in [0.4, 0.5) is 8.78 Å². The van der Waals surface area contributed by atoms with E-state index in [-0.39, 0.29) is 10.7 Å². The number of halogens is 5. The van der Waals surface area contributed by atoms with Crippen LogP contribution in [0.3, 0.4) is 0 Å². The number of carbonyl (C=O) groups is 1. The first kappa shape index (κ1) is 20.9. The lowest BCUT2D eigenvalue weighted by Crippen LogP contribution is -2.39. The van der Waals surface area contributed by atoms with Gasteiger partial charge in [-0.3, -0.25) is 14.3 Å². The van der Waals surface area contributed by atoms with Gasteiger partial charge in [0.2, 0.25) is 0 Å². The molecule has 0 bridgehead atoms. The van der Waals surface area contributed by atoms with E-state index in [1.165, 1.54) is 14.2 Å². The van der Waals surface area contributed by atoms with Crippen LogP contribution in [0.1, 0.15) is 35.0 Å². The van der Waals surface area contributed by atoms with Crippen molar-refractivity contribution in [3.8, 4) is 0 Å². The average Bonchev–Trinajstić information content (AvgIpc) is 2.86. The number of aromatic nitrogens is 2. The summed E-state index contributed by atoms with van der Waals surface area (Å²) in [5.74, 6) is -0.807. The van der Waals surface area contributed by atoms with Crippen molar-refractivity contribution in [2.45, 2.75) is 25.8 Å². The summed E-state index contributed by atoms with van der Waals surface area (Å²) >= 11 is 18.0. The standard InChI is InChI=1S/C16H16Cl3F2N3O2/c1-8(6-9-4-5-10(17)7-11(9)18)24(26-3)16(25)12-13(15(20)21)22-23(2)14(12)19/h4-5,7-8,15H,6H2,1-3H3. The second-order valence-electron chi connectivity index (χ2n) is 5.58. The second-order valence-corrected chi connectivity index (χ2v) is 6.78. The van der Waals surface area contributed by atoms with E-state index < -0.39 is 24.1 Å². The van der Waals surface area contributed by atoms with Gasteiger partial charge in [-0.2, -0.15) is 5.10 Å². The molecule has 1 aromatic heterocycles. The number of benzene rings is 1. The SMILES string of the molecule is CON(C(=O)c1c(C(F)F)nn(C)c1Cl)C(C)Cc1ccc(Cl)cc1Cl. The first-order valence-electron chi connectivity index (χ1n) is 7.49. The Kier molecular flexibility index (Phi) is 6.85. The summed E-state index contributed by atoms with van der Waals surface area (Å²) in [4.78, 5) is 17.9. The highest BCUT2D eigenvalue weighted by Gasteiger charge is 2.32. The number of hydrogen-bond donors (Lipinski definition) is 0. The largest absolute Gasteiger partial charge is 0.283 e. The molecule has 1 atom stereocenters. The highest BCUT2D eigenvalue weighted by molar-refractivity contribution is 6.35. The van der Waals surface area contributed by atoms with Gasteiger partial charge in [0, 0.05) is 17.1 Å². The minimum absolute atomic E-state index is 0.191. The van der Waals surface area contributed by atoms with Crippen molar-refractivity contribution in [2.24, 2.45) is 7.05 Å². The van der Waals surface area contributed by atoms with Crippen LogP contribution in [0.15, 0.2) is 18.2 Å². The third-order valence-corrected chi connectivity index (χ3v) is 4.77. The number of alkyl halides is 2. The quantitative estimate of drug-likeness (QED) is 0.614. The molecule has 0 aliphatic rings. The fourth-order valence-corrected chi connectivity index (χ4v) is 3.24. The molecule has 1 amide bonds. The summed E-state index contributed by atoms with van der Waals surface area (Å²) in [6, 6.07) is 4.45. The molecule has 0 saturated carbocycles. The molecule has 0 spiro atoms. The van der Waals surface area contributed by atoms with E-state index in [0.29, 0.717) is 16.5 Å². The highest BCUT2D eigenvalue weighted by Crippen LogP contribution is 2.30. The molecule has 0 saturated heterocycles. The Morgan fingerprint density at radius 1 is 1.35 bits per heavy atom. The van der Waals surface area contributed by atoms with E-state index in [9.17, 15) is 13.6 Å². The maximum absolute atomic E-state index is 13.2. The van der Waals surface area contributed by atoms with Crippen molar-refractivity contribution in [3.05, 3.63) is 50.2 Å². The van der Waals surface area contributed by atoms with Crippen LogP contribution in [0.5, 0.6) is 0 Å². The Bertz CT molecular complexity index is 814. The zero-order valence-corrected chi connectivity index (χ0v) is 16.4. The van der Waals surface area contributed by atoms with Crippen LogP contribution in [-0.2, 0) is 18.3 Å². The zero-order valence-electron chi connectivity index (χ0n) is 14.1. The smallest absolute Gasteiger partial charge is 0.274 e. The first-order chi connectivity index (χ1) is 12.2. The number of nitrogens with zero attached hydrogens (tertiary/aromatic N) is 3. The lowest BCUT2D eigenvalue weighted by atomic mass is 10.1. The Balaban J connectivity index is 2.31. The monoisotopic (exact) mass is 425 g/mol. The van der Waals surface area contributed by atoms with Gasteiger partial charge in [-0.05, 0) is 31.0 Å². The van der Waals surface area contributed by atoms with Crippen molar-refractivity contribution in [1.82, 2.24) is 14.8 Å². The van der Waals surface area contributed by atoms with Gasteiger partial charge >= 0.3 is 0 Å². The van der Waals surface area contributed by atoms with Crippen molar-refractivity contribution < 1.29 is 18.4 Å². The van der Waals surface area contributed by atoms with Gasteiger partial charge in [0.25, 0.3) is 12.3 Å². The van der Waals surface area contributed by atoms with Gasteiger partial charge in [-0.1, -0.05) is 40.9 Å². The maximum atomic E-state index is 13.2. The summed E-state index contributed by atoms with van der Waals surface area (Å²) in [7, 11) is 2.64. The molecule has 1 heterocycles. The molecule has 1 unspecified atom stereocenters. The van der Waals surface area contributed by atoms with Crippen LogP contribution in [-0.4, -0.2) is 33.9 Å². The fourth-order valence-electron chi connectivity index (χ4n) is 2.54. The number of amides is 1. The minimum atomic E-state index is -2.95. The van der Waals surface area contributed by atoms with Crippen LogP contribution in [0.25, 0.3) is 0 Å². The average molecular weight is 427 g/mol. The third kappa shape index (κ3) is 4.28. The van der Waals surface area contributed by atoms with E-state index in [1.54, 1.807) is 25.1 Å². The van der Waals surface area contributed by atoms with Crippen LogP contribution in [0.2, 0.25) is 15.2 Å². The van der Waals surface area contributed by atoms with E-state index >= 15 is 0 Å². The normalized spacial score (nSPS) is 12.5. The summed E-state index contributed by atoms with van der Waals surface area (Å²) in [5, 5.41) is 5.30. The number of hydrogen-bond acceptors (Lipinski definition) is 3. The van der Waals surface area contributed by atoms with Crippen molar-refractivity contribution in [2.75, 3.05) is 7.11 Å². The zero-order chi connectivity index (χ0) is 19.6. The Labute approximate surface area is 164 Å². The van der Waals surface area contributed by atoms with Gasteiger partial charge in [0.15, 0.2) is 0 Å². The Hall–Kier alpha value is -1.41. The van der Waals surface area contributed by atoms with Gasteiger partial charge < -0.3 is 0 Å². The molecule has 0 aliphatic carbocycles. The topological polar surface area (TPSA) is 47.4 Å². The lowest BCUT2D eigenvalue weighted by Gasteiger charge is -2.27. The van der Waals surface area contributed by atoms with Gasteiger partial charge in [-0.25, -0.2) is 13.8 Å². The van der Waals surface area contributed by atoms with E-state index in [0.717, 1.165) is 15.3 Å². The molecule has 2 rings (SSSR count). The Morgan fingerprint density at radius 2 is 2.00 bits per heavy atom. The third-order valence-electron chi connectivity index (χ3n) is 3.75. The van der Waals surface area contributed by atoms with Crippen LogP contribution >= 0.6 is 34.8 Å². The fraction of sp³-hybridized carbons (Fsp3) is 0.375. The minimum Gasteiger partial charge on any atom is -0.274 e. The molecule has 1 aromatic carbocycles. The van der Waals surface area contributed by atoms with Crippen LogP contribution in [0, 0.1) is 0 Å². The van der Waals surface area contributed by atoms with E-state index in [4.69, 9.17) is 39.6 Å². The molecule has 10 heteroatoms. The van der Waals surface area contributed by atoms with E-state index in [2.05, 4.69) is 5.10 Å². The number of carbonyl (C=O) groups excluding carboxylic acids is 1. The molecule has 0 aliphatic heterocycles. The molecular formula is C16H16Cl3F2N3O2. The predicted molar refractivity (Wildman–Crippen MR) is 96.0 cm³/mol. The maximum Gasteiger partial charge on any atom is 0.283 e. The van der Waals surface area contributed by atoms with Gasteiger partial charge in [0.05, 0.1) is 13.2 Å². The summed E-state index contributed by atoms with van der Waals surface area (Å²) in [6.45, 7) is 1.69. The molecule has 0 N–H and O–H groups in total. The number of aryl methyl sites for hydroxylation is 1. The summed E-state index contributed by atoms with van der Waals surface area (Å²) < 4.78 is 27.4. The molecule has 142 valence electrons.